The number of carbonyl (C=O) groups is 1. The highest BCUT2D eigenvalue weighted by Crippen LogP contribution is 2.52. The molecule has 17 heavy (non-hydrogen) atoms. The number of ether oxygens (including phenoxy) is 1. The van der Waals surface area contributed by atoms with Gasteiger partial charge in [0.15, 0.2) is 0 Å². The van der Waals surface area contributed by atoms with E-state index in [4.69, 9.17) is 4.74 Å². The monoisotopic (exact) mass is 238 g/mol. The Kier molecular flexibility index (Phi) is 2.67. The second-order valence-corrected chi connectivity index (χ2v) is 5.67. The summed E-state index contributed by atoms with van der Waals surface area (Å²) in [5.74, 6) is 0.492. The number of hydrogen-bond donors (Lipinski definition) is 1. The van der Waals surface area contributed by atoms with Crippen molar-refractivity contribution in [3.63, 3.8) is 0 Å². The minimum Gasteiger partial charge on any atom is -0.468 e. The smallest absolute Gasteiger partial charge is 0.315 e. The van der Waals surface area contributed by atoms with Crippen LogP contribution in [0.15, 0.2) is 0 Å². The quantitative estimate of drug-likeness (QED) is 0.716. The summed E-state index contributed by atoms with van der Waals surface area (Å²) < 4.78 is 5.13. The number of hydrogen-bond acceptors (Lipinski definition) is 4. The first-order valence-corrected chi connectivity index (χ1v) is 6.79. The van der Waals surface area contributed by atoms with Gasteiger partial charge >= 0.3 is 5.97 Å². The maximum absolute atomic E-state index is 12.3. The van der Waals surface area contributed by atoms with Gasteiger partial charge in [-0.05, 0) is 38.3 Å². The zero-order chi connectivity index (χ0) is 12.0. The minimum absolute atomic E-state index is 0.0105. The molecule has 1 N–H and O–H groups in total. The summed E-state index contributed by atoms with van der Waals surface area (Å²) in [4.78, 5) is 14.9. The first-order valence-electron chi connectivity index (χ1n) is 6.79. The molecule has 3 fully saturated rings. The Balaban J connectivity index is 1.99. The van der Waals surface area contributed by atoms with E-state index >= 15 is 0 Å². The lowest BCUT2D eigenvalue weighted by molar-refractivity contribution is -0.162. The third kappa shape index (κ3) is 1.34. The van der Waals surface area contributed by atoms with Gasteiger partial charge in [-0.3, -0.25) is 9.69 Å². The SMILES string of the molecule is CCN1C2CCC1C1(C(=O)OC)CNCC1C2. The molecular formula is C13H22N2O2. The molecule has 3 aliphatic heterocycles. The van der Waals surface area contributed by atoms with E-state index in [0.717, 1.165) is 32.5 Å². The molecule has 2 bridgehead atoms. The van der Waals surface area contributed by atoms with Crippen LogP contribution in [-0.2, 0) is 9.53 Å². The maximum atomic E-state index is 12.3. The van der Waals surface area contributed by atoms with Gasteiger partial charge in [0.1, 0.15) is 0 Å². The molecule has 3 heterocycles. The van der Waals surface area contributed by atoms with Gasteiger partial charge in [-0.2, -0.15) is 0 Å². The molecule has 0 aromatic rings. The molecule has 3 rings (SSSR count). The van der Waals surface area contributed by atoms with Gasteiger partial charge in [0.05, 0.1) is 12.5 Å². The Morgan fingerprint density at radius 1 is 1.53 bits per heavy atom. The van der Waals surface area contributed by atoms with E-state index in [1.54, 1.807) is 0 Å². The maximum Gasteiger partial charge on any atom is 0.315 e. The van der Waals surface area contributed by atoms with Crippen LogP contribution >= 0.6 is 0 Å². The number of nitrogens with one attached hydrogen (secondary N) is 1. The normalized spacial score (nSPS) is 44.7. The van der Waals surface area contributed by atoms with E-state index in [0.29, 0.717) is 18.0 Å². The van der Waals surface area contributed by atoms with Crippen LogP contribution in [0, 0.1) is 11.3 Å². The summed E-state index contributed by atoms with van der Waals surface area (Å²) in [6.45, 7) is 5.05. The number of esters is 1. The molecule has 0 aliphatic carbocycles. The number of rotatable bonds is 2. The van der Waals surface area contributed by atoms with Crippen molar-refractivity contribution in [1.82, 2.24) is 10.2 Å². The predicted molar refractivity (Wildman–Crippen MR) is 64.6 cm³/mol. The predicted octanol–water partition coefficient (Wildman–Crippen LogP) is 0.622. The van der Waals surface area contributed by atoms with E-state index in [1.165, 1.54) is 13.5 Å². The molecule has 4 heteroatoms. The second kappa shape index (κ2) is 3.95. The van der Waals surface area contributed by atoms with Crippen LogP contribution in [0.4, 0.5) is 0 Å². The third-order valence-corrected chi connectivity index (χ3v) is 5.26. The summed E-state index contributed by atoms with van der Waals surface area (Å²) in [7, 11) is 1.53. The van der Waals surface area contributed by atoms with Gasteiger partial charge in [-0.1, -0.05) is 6.92 Å². The Labute approximate surface area is 103 Å². The highest BCUT2D eigenvalue weighted by molar-refractivity contribution is 5.79. The lowest BCUT2D eigenvalue weighted by Gasteiger charge is -2.47. The molecule has 4 unspecified atom stereocenters. The van der Waals surface area contributed by atoms with Crippen LogP contribution < -0.4 is 5.32 Å². The zero-order valence-corrected chi connectivity index (χ0v) is 10.7. The lowest BCUT2D eigenvalue weighted by Crippen LogP contribution is -2.59. The van der Waals surface area contributed by atoms with E-state index in [9.17, 15) is 4.79 Å². The van der Waals surface area contributed by atoms with Crippen molar-refractivity contribution in [1.29, 1.82) is 0 Å². The van der Waals surface area contributed by atoms with E-state index in [-0.39, 0.29) is 11.4 Å². The Morgan fingerprint density at radius 3 is 3.06 bits per heavy atom. The number of carbonyl (C=O) groups excluding carboxylic acids is 1. The molecule has 3 saturated heterocycles. The van der Waals surface area contributed by atoms with E-state index < -0.39 is 0 Å². The molecule has 0 spiro atoms. The fourth-order valence-corrected chi connectivity index (χ4v) is 4.58. The second-order valence-electron chi connectivity index (χ2n) is 5.67. The fourth-order valence-electron chi connectivity index (χ4n) is 4.58. The van der Waals surface area contributed by atoms with E-state index in [1.807, 2.05) is 0 Å². The lowest BCUT2D eigenvalue weighted by atomic mass is 9.68. The minimum atomic E-state index is -0.266. The Morgan fingerprint density at radius 2 is 2.35 bits per heavy atom. The average molecular weight is 238 g/mol. The Bertz CT molecular complexity index is 333. The number of nitrogens with zero attached hydrogens (tertiary/aromatic N) is 1. The summed E-state index contributed by atoms with van der Waals surface area (Å²) in [6, 6.07) is 1.10. The van der Waals surface area contributed by atoms with Crippen molar-refractivity contribution < 1.29 is 9.53 Å². The van der Waals surface area contributed by atoms with Crippen LogP contribution in [0.3, 0.4) is 0 Å². The molecule has 0 radical (unpaired) electrons. The summed E-state index contributed by atoms with van der Waals surface area (Å²) in [5, 5.41) is 3.42. The van der Waals surface area contributed by atoms with Crippen LogP contribution in [0.25, 0.3) is 0 Å². The van der Waals surface area contributed by atoms with Crippen molar-refractivity contribution >= 4 is 5.97 Å². The van der Waals surface area contributed by atoms with Gasteiger partial charge < -0.3 is 10.1 Å². The van der Waals surface area contributed by atoms with Crippen molar-refractivity contribution in [3.8, 4) is 0 Å². The molecular weight excluding hydrogens is 216 g/mol. The molecule has 4 atom stereocenters. The van der Waals surface area contributed by atoms with Gasteiger partial charge in [-0.25, -0.2) is 0 Å². The highest BCUT2D eigenvalue weighted by atomic mass is 16.5. The number of methoxy groups -OCH3 is 1. The van der Waals surface area contributed by atoms with Crippen LogP contribution in [0.5, 0.6) is 0 Å². The number of fused-ring (bicyclic) bond motifs is 4. The molecule has 3 aliphatic rings. The molecule has 0 aromatic carbocycles. The molecule has 96 valence electrons. The van der Waals surface area contributed by atoms with Gasteiger partial charge in [0, 0.05) is 18.6 Å². The summed E-state index contributed by atoms with van der Waals surface area (Å²) in [5.41, 5.74) is -0.266. The van der Waals surface area contributed by atoms with Crippen molar-refractivity contribution in [2.45, 2.75) is 38.3 Å². The summed E-state index contributed by atoms with van der Waals surface area (Å²) >= 11 is 0. The molecule has 0 saturated carbocycles. The molecule has 0 aromatic heterocycles. The van der Waals surface area contributed by atoms with Gasteiger partial charge in [0.25, 0.3) is 0 Å². The average Bonchev–Trinajstić information content (AvgIpc) is 2.91. The first-order chi connectivity index (χ1) is 8.24. The fraction of sp³-hybridized carbons (Fsp3) is 0.923. The largest absolute Gasteiger partial charge is 0.468 e. The van der Waals surface area contributed by atoms with Gasteiger partial charge in [-0.15, -0.1) is 0 Å². The van der Waals surface area contributed by atoms with Crippen LogP contribution in [0.1, 0.15) is 26.2 Å². The van der Waals surface area contributed by atoms with Crippen molar-refractivity contribution in [2.24, 2.45) is 11.3 Å². The molecule has 0 amide bonds. The number of piperidine rings is 1. The third-order valence-electron chi connectivity index (χ3n) is 5.26. The van der Waals surface area contributed by atoms with Crippen LogP contribution in [0.2, 0.25) is 0 Å². The standard InChI is InChI=1S/C13H22N2O2/c1-3-15-10-4-5-11(15)13(12(16)17-2)8-14-7-9(13)6-10/h9-11,14H,3-8H2,1-2H3. The van der Waals surface area contributed by atoms with Gasteiger partial charge in [0.2, 0.25) is 0 Å². The topological polar surface area (TPSA) is 41.6 Å². The Hall–Kier alpha value is -0.610. The summed E-state index contributed by atoms with van der Waals surface area (Å²) in [6.07, 6.45) is 3.58. The van der Waals surface area contributed by atoms with Crippen molar-refractivity contribution in [3.05, 3.63) is 0 Å². The van der Waals surface area contributed by atoms with E-state index in [2.05, 4.69) is 17.1 Å². The van der Waals surface area contributed by atoms with Crippen LogP contribution in [-0.4, -0.2) is 49.7 Å². The van der Waals surface area contributed by atoms with Crippen molar-refractivity contribution in [2.75, 3.05) is 26.7 Å². The zero-order valence-electron chi connectivity index (χ0n) is 10.7. The molecule has 4 nitrogen and oxygen atoms in total. The highest BCUT2D eigenvalue weighted by Gasteiger charge is 2.62. The first kappa shape index (κ1) is 11.5.